The van der Waals surface area contributed by atoms with Gasteiger partial charge >= 0.3 is 0 Å². The minimum absolute atomic E-state index is 0.730. The molecule has 1 saturated carbocycles. The Hall–Kier alpha value is -0.770. The summed E-state index contributed by atoms with van der Waals surface area (Å²) in [7, 11) is 0. The summed E-state index contributed by atoms with van der Waals surface area (Å²) in [6.45, 7) is 2.22. The van der Waals surface area contributed by atoms with E-state index in [0.29, 0.717) is 0 Å². The smallest absolute Gasteiger partial charge is 0.0621 e. The molecule has 0 amide bonds. The molecular weight excluding hydrogens is 158 g/mol. The standard InChI is InChI=1S/C12H19N/c1-2-3-6-11-7-4-8-12(11)9-5-10-13/h6,12H,2-5,7-9H2,1H3/b11-6+. The molecule has 13 heavy (non-hydrogen) atoms. The molecular formula is C12H19N. The quantitative estimate of drug-likeness (QED) is 0.599. The summed E-state index contributed by atoms with van der Waals surface area (Å²) in [6, 6.07) is 2.24. The Balaban J connectivity index is 2.39. The molecule has 0 radical (unpaired) electrons. The van der Waals surface area contributed by atoms with Gasteiger partial charge in [-0.05, 0) is 38.0 Å². The summed E-state index contributed by atoms with van der Waals surface area (Å²) in [4.78, 5) is 0. The molecule has 1 aliphatic rings. The molecule has 0 aliphatic heterocycles. The highest BCUT2D eigenvalue weighted by atomic mass is 14.3. The Bertz CT molecular complexity index is 210. The van der Waals surface area contributed by atoms with Gasteiger partial charge in [0.05, 0.1) is 6.07 Å². The van der Waals surface area contributed by atoms with Crippen molar-refractivity contribution in [1.82, 2.24) is 0 Å². The summed E-state index contributed by atoms with van der Waals surface area (Å²) in [6.07, 6.45) is 10.6. The Morgan fingerprint density at radius 3 is 3.15 bits per heavy atom. The summed E-state index contributed by atoms with van der Waals surface area (Å²) < 4.78 is 0. The SMILES string of the molecule is CCC/C=C1\CCCC1CCC#N. The molecule has 1 aliphatic carbocycles. The van der Waals surface area contributed by atoms with Crippen molar-refractivity contribution in [2.45, 2.75) is 51.9 Å². The molecule has 0 aromatic heterocycles. The number of unbranched alkanes of at least 4 members (excludes halogenated alkanes) is 1. The maximum atomic E-state index is 8.52. The number of allylic oxidation sites excluding steroid dienone is 2. The van der Waals surface area contributed by atoms with E-state index in [1.54, 1.807) is 5.57 Å². The maximum absolute atomic E-state index is 8.52. The largest absolute Gasteiger partial charge is 0.198 e. The lowest BCUT2D eigenvalue weighted by Gasteiger charge is -2.09. The highest BCUT2D eigenvalue weighted by Gasteiger charge is 2.19. The van der Waals surface area contributed by atoms with E-state index in [0.717, 1.165) is 18.8 Å². The van der Waals surface area contributed by atoms with Crippen molar-refractivity contribution in [3.8, 4) is 6.07 Å². The van der Waals surface area contributed by atoms with Crippen molar-refractivity contribution in [3.05, 3.63) is 11.6 Å². The molecule has 1 atom stereocenters. The molecule has 0 aromatic carbocycles. The average molecular weight is 177 g/mol. The van der Waals surface area contributed by atoms with Crippen LogP contribution in [0, 0.1) is 17.2 Å². The van der Waals surface area contributed by atoms with Crippen LogP contribution in [0.1, 0.15) is 51.9 Å². The van der Waals surface area contributed by atoms with Crippen molar-refractivity contribution in [3.63, 3.8) is 0 Å². The van der Waals surface area contributed by atoms with Gasteiger partial charge in [-0.1, -0.05) is 25.0 Å². The normalized spacial score (nSPS) is 24.9. The Labute approximate surface area is 81.5 Å². The van der Waals surface area contributed by atoms with E-state index in [2.05, 4.69) is 19.1 Å². The van der Waals surface area contributed by atoms with E-state index in [1.165, 1.54) is 32.1 Å². The second-order valence-corrected chi connectivity index (χ2v) is 3.85. The number of hydrogen-bond acceptors (Lipinski definition) is 1. The fraction of sp³-hybridized carbons (Fsp3) is 0.750. The highest BCUT2D eigenvalue weighted by molar-refractivity contribution is 5.11. The van der Waals surface area contributed by atoms with Crippen molar-refractivity contribution in [2.24, 2.45) is 5.92 Å². The number of rotatable bonds is 4. The first-order chi connectivity index (χ1) is 6.38. The van der Waals surface area contributed by atoms with Gasteiger partial charge in [0.2, 0.25) is 0 Å². The summed E-state index contributed by atoms with van der Waals surface area (Å²) in [5.74, 6) is 0.742. The van der Waals surface area contributed by atoms with Crippen LogP contribution < -0.4 is 0 Å². The van der Waals surface area contributed by atoms with Crippen LogP contribution in [0.15, 0.2) is 11.6 Å². The molecule has 72 valence electrons. The topological polar surface area (TPSA) is 23.8 Å². The Kier molecular flexibility index (Phi) is 4.60. The molecule has 0 aromatic rings. The molecule has 0 N–H and O–H groups in total. The molecule has 1 fully saturated rings. The first kappa shape index (κ1) is 10.3. The molecule has 0 heterocycles. The van der Waals surface area contributed by atoms with Gasteiger partial charge in [-0.3, -0.25) is 0 Å². The van der Waals surface area contributed by atoms with Crippen LogP contribution in [0.4, 0.5) is 0 Å². The van der Waals surface area contributed by atoms with Crippen molar-refractivity contribution in [1.29, 1.82) is 5.26 Å². The van der Waals surface area contributed by atoms with Gasteiger partial charge in [-0.15, -0.1) is 0 Å². The van der Waals surface area contributed by atoms with E-state index >= 15 is 0 Å². The van der Waals surface area contributed by atoms with Crippen LogP contribution in [0.3, 0.4) is 0 Å². The van der Waals surface area contributed by atoms with Crippen LogP contribution in [-0.4, -0.2) is 0 Å². The van der Waals surface area contributed by atoms with Gasteiger partial charge in [-0.2, -0.15) is 5.26 Å². The van der Waals surface area contributed by atoms with Gasteiger partial charge < -0.3 is 0 Å². The van der Waals surface area contributed by atoms with Crippen LogP contribution in [-0.2, 0) is 0 Å². The van der Waals surface area contributed by atoms with Gasteiger partial charge in [0.25, 0.3) is 0 Å². The molecule has 1 heteroatoms. The van der Waals surface area contributed by atoms with Gasteiger partial charge in [0.1, 0.15) is 0 Å². The number of hydrogen-bond donors (Lipinski definition) is 0. The molecule has 1 rings (SSSR count). The van der Waals surface area contributed by atoms with Gasteiger partial charge in [0, 0.05) is 6.42 Å². The van der Waals surface area contributed by atoms with E-state index in [4.69, 9.17) is 5.26 Å². The van der Waals surface area contributed by atoms with Crippen LogP contribution in [0.25, 0.3) is 0 Å². The fourth-order valence-corrected chi connectivity index (χ4v) is 2.11. The lowest BCUT2D eigenvalue weighted by atomic mass is 9.96. The minimum atomic E-state index is 0.730. The lowest BCUT2D eigenvalue weighted by molar-refractivity contribution is 0.580. The fourth-order valence-electron chi connectivity index (χ4n) is 2.11. The second-order valence-electron chi connectivity index (χ2n) is 3.85. The zero-order valence-electron chi connectivity index (χ0n) is 8.55. The monoisotopic (exact) mass is 177 g/mol. The van der Waals surface area contributed by atoms with Crippen LogP contribution in [0.5, 0.6) is 0 Å². The predicted octanol–water partition coefficient (Wildman–Crippen LogP) is 3.82. The zero-order chi connectivity index (χ0) is 9.52. The first-order valence-electron chi connectivity index (χ1n) is 5.44. The third-order valence-electron chi connectivity index (χ3n) is 2.84. The molecule has 1 unspecified atom stereocenters. The van der Waals surface area contributed by atoms with Gasteiger partial charge in [0.15, 0.2) is 0 Å². The Morgan fingerprint density at radius 1 is 1.62 bits per heavy atom. The van der Waals surface area contributed by atoms with E-state index in [9.17, 15) is 0 Å². The summed E-state index contributed by atoms with van der Waals surface area (Å²) in [5.41, 5.74) is 1.64. The third kappa shape index (κ3) is 3.22. The minimum Gasteiger partial charge on any atom is -0.198 e. The molecule has 0 saturated heterocycles. The van der Waals surface area contributed by atoms with E-state index in [-0.39, 0.29) is 0 Å². The van der Waals surface area contributed by atoms with Crippen LogP contribution in [0.2, 0.25) is 0 Å². The molecule has 0 spiro atoms. The van der Waals surface area contributed by atoms with Gasteiger partial charge in [-0.25, -0.2) is 0 Å². The first-order valence-corrected chi connectivity index (χ1v) is 5.44. The average Bonchev–Trinajstić information content (AvgIpc) is 2.59. The summed E-state index contributed by atoms with van der Waals surface area (Å²) >= 11 is 0. The highest BCUT2D eigenvalue weighted by Crippen LogP contribution is 2.34. The number of nitriles is 1. The van der Waals surface area contributed by atoms with Crippen molar-refractivity contribution in [2.75, 3.05) is 0 Å². The Morgan fingerprint density at radius 2 is 2.46 bits per heavy atom. The summed E-state index contributed by atoms with van der Waals surface area (Å²) in [5, 5.41) is 8.52. The number of nitrogens with zero attached hydrogens (tertiary/aromatic N) is 1. The van der Waals surface area contributed by atoms with Crippen LogP contribution >= 0.6 is 0 Å². The van der Waals surface area contributed by atoms with Crippen molar-refractivity contribution < 1.29 is 0 Å². The molecule has 0 bridgehead atoms. The maximum Gasteiger partial charge on any atom is 0.0621 e. The zero-order valence-corrected chi connectivity index (χ0v) is 8.55. The molecule has 1 nitrogen and oxygen atoms in total. The third-order valence-corrected chi connectivity index (χ3v) is 2.84. The van der Waals surface area contributed by atoms with E-state index in [1.807, 2.05) is 0 Å². The predicted molar refractivity (Wildman–Crippen MR) is 55.2 cm³/mol. The van der Waals surface area contributed by atoms with Crippen molar-refractivity contribution >= 4 is 0 Å². The second kappa shape index (κ2) is 5.80. The van der Waals surface area contributed by atoms with E-state index < -0.39 is 0 Å². The lowest BCUT2D eigenvalue weighted by Crippen LogP contribution is -1.95.